The molecule has 4 aromatic rings. The van der Waals surface area contributed by atoms with Gasteiger partial charge in [0, 0.05) is 5.56 Å². The maximum atomic E-state index is 12.5. The summed E-state index contributed by atoms with van der Waals surface area (Å²) in [4.78, 5) is 17.0. The number of fused-ring (bicyclic) bond motifs is 2. The van der Waals surface area contributed by atoms with Gasteiger partial charge in [-0.05, 0) is 48.9 Å². The van der Waals surface area contributed by atoms with Gasteiger partial charge < -0.3 is 9.47 Å². The lowest BCUT2D eigenvalue weighted by Gasteiger charge is -1.99. The summed E-state index contributed by atoms with van der Waals surface area (Å²) in [6.07, 6.45) is 0. The molecule has 1 aliphatic heterocycles. The number of hydrogen-bond donors (Lipinski definition) is 2. The molecular weight excluding hydrogens is 364 g/mol. The summed E-state index contributed by atoms with van der Waals surface area (Å²) in [6.45, 7) is 2.24. The summed E-state index contributed by atoms with van der Waals surface area (Å²) in [5.41, 5.74) is 3.87. The van der Waals surface area contributed by atoms with Crippen molar-refractivity contribution >= 4 is 32.6 Å². The monoisotopic (exact) mass is 378 g/mol. The fourth-order valence-corrected chi connectivity index (χ4v) is 3.85. The first-order chi connectivity index (χ1) is 13.2. The zero-order chi connectivity index (χ0) is 18.4. The van der Waals surface area contributed by atoms with Gasteiger partial charge in [0.2, 0.25) is 6.79 Å². The van der Waals surface area contributed by atoms with Crippen molar-refractivity contribution in [2.45, 2.75) is 6.92 Å². The van der Waals surface area contributed by atoms with Crippen LogP contribution in [0.15, 0.2) is 42.5 Å². The fourth-order valence-electron chi connectivity index (χ4n) is 2.89. The number of aromatic amines is 1. The molecule has 1 aliphatic rings. The number of H-pyrrole nitrogens is 1. The average molecular weight is 378 g/mol. The Morgan fingerprint density at radius 2 is 2.04 bits per heavy atom. The van der Waals surface area contributed by atoms with Crippen molar-refractivity contribution in [3.05, 3.63) is 53.7 Å². The molecule has 8 heteroatoms. The summed E-state index contributed by atoms with van der Waals surface area (Å²) >= 11 is 1.44. The Morgan fingerprint density at radius 1 is 1.15 bits per heavy atom. The van der Waals surface area contributed by atoms with Gasteiger partial charge in [0.05, 0.1) is 15.9 Å². The lowest BCUT2D eigenvalue weighted by atomic mass is 10.1. The summed E-state index contributed by atoms with van der Waals surface area (Å²) in [5, 5.41) is 10.4. The molecule has 0 radical (unpaired) electrons. The molecule has 0 fully saturated rings. The highest BCUT2D eigenvalue weighted by atomic mass is 32.1. The van der Waals surface area contributed by atoms with Gasteiger partial charge in [0.1, 0.15) is 5.69 Å². The Balaban J connectivity index is 1.37. The first kappa shape index (κ1) is 15.8. The van der Waals surface area contributed by atoms with Crippen LogP contribution in [0.5, 0.6) is 11.5 Å². The van der Waals surface area contributed by atoms with E-state index >= 15 is 0 Å². The molecular formula is C19H14N4O3S. The number of nitrogens with zero attached hydrogens (tertiary/aromatic N) is 2. The van der Waals surface area contributed by atoms with Crippen LogP contribution in [0.25, 0.3) is 21.5 Å². The molecule has 0 atom stereocenters. The third-order valence-electron chi connectivity index (χ3n) is 4.26. The van der Waals surface area contributed by atoms with Gasteiger partial charge in [0.15, 0.2) is 16.6 Å². The molecule has 7 nitrogen and oxygen atoms in total. The molecule has 2 aromatic carbocycles. The van der Waals surface area contributed by atoms with Crippen molar-refractivity contribution in [2.24, 2.45) is 0 Å². The van der Waals surface area contributed by atoms with Gasteiger partial charge in [-0.25, -0.2) is 4.98 Å². The van der Waals surface area contributed by atoms with Gasteiger partial charge >= 0.3 is 0 Å². The molecule has 2 aromatic heterocycles. The van der Waals surface area contributed by atoms with Crippen molar-refractivity contribution in [3.8, 4) is 22.8 Å². The lowest BCUT2D eigenvalue weighted by molar-refractivity contribution is 0.102. The summed E-state index contributed by atoms with van der Waals surface area (Å²) in [7, 11) is 0. The average Bonchev–Trinajstić information content (AvgIpc) is 3.39. The second kappa shape index (κ2) is 6.10. The topological polar surface area (TPSA) is 89.1 Å². The minimum atomic E-state index is -0.287. The molecule has 5 rings (SSSR count). The van der Waals surface area contributed by atoms with Gasteiger partial charge in [-0.2, -0.15) is 5.10 Å². The van der Waals surface area contributed by atoms with Crippen molar-refractivity contribution in [2.75, 3.05) is 12.1 Å². The molecule has 2 N–H and O–H groups in total. The van der Waals surface area contributed by atoms with E-state index in [4.69, 9.17) is 9.47 Å². The first-order valence-electron chi connectivity index (χ1n) is 8.30. The van der Waals surface area contributed by atoms with E-state index in [0.717, 1.165) is 21.3 Å². The highest BCUT2D eigenvalue weighted by Crippen LogP contribution is 2.35. The van der Waals surface area contributed by atoms with Gasteiger partial charge in [-0.1, -0.05) is 17.4 Å². The Hall–Kier alpha value is -3.39. The molecule has 1 amide bonds. The zero-order valence-electron chi connectivity index (χ0n) is 14.3. The number of thiazole rings is 1. The van der Waals surface area contributed by atoms with Crippen molar-refractivity contribution in [3.63, 3.8) is 0 Å². The SMILES string of the molecule is Cc1ccc2nc(NC(=O)c3cc(-c4ccc5c(c4)OCO5)n[nH]3)sc2c1. The lowest BCUT2D eigenvalue weighted by Crippen LogP contribution is -2.11. The molecule has 0 saturated carbocycles. The van der Waals surface area contributed by atoms with Crippen LogP contribution in [-0.4, -0.2) is 27.9 Å². The number of carbonyl (C=O) groups is 1. The maximum absolute atomic E-state index is 12.5. The van der Waals surface area contributed by atoms with Crippen LogP contribution in [0.1, 0.15) is 16.1 Å². The minimum absolute atomic E-state index is 0.217. The number of amides is 1. The quantitative estimate of drug-likeness (QED) is 0.563. The largest absolute Gasteiger partial charge is 0.454 e. The van der Waals surface area contributed by atoms with Crippen LogP contribution < -0.4 is 14.8 Å². The highest BCUT2D eigenvalue weighted by molar-refractivity contribution is 7.22. The minimum Gasteiger partial charge on any atom is -0.454 e. The number of aromatic nitrogens is 3. The Morgan fingerprint density at radius 3 is 2.96 bits per heavy atom. The number of aryl methyl sites for hydroxylation is 1. The standard InChI is InChI=1S/C19H14N4O3S/c1-10-2-4-12-17(6-10)27-19(20-12)21-18(24)14-8-13(22-23-14)11-3-5-15-16(7-11)26-9-25-15/h2-8H,9H2,1H3,(H,22,23)(H,20,21,24). The third-order valence-corrected chi connectivity index (χ3v) is 5.19. The summed E-state index contributed by atoms with van der Waals surface area (Å²) in [5.74, 6) is 1.09. The van der Waals surface area contributed by atoms with E-state index in [2.05, 4.69) is 26.6 Å². The normalized spacial score (nSPS) is 12.5. The predicted octanol–water partition coefficient (Wildman–Crippen LogP) is 3.98. The highest BCUT2D eigenvalue weighted by Gasteiger charge is 2.17. The van der Waals surface area contributed by atoms with Crippen LogP contribution >= 0.6 is 11.3 Å². The number of nitrogens with one attached hydrogen (secondary N) is 2. The van der Waals surface area contributed by atoms with Gasteiger partial charge in [0.25, 0.3) is 5.91 Å². The van der Waals surface area contributed by atoms with Crippen molar-refractivity contribution < 1.29 is 14.3 Å². The number of benzene rings is 2. The van der Waals surface area contributed by atoms with Crippen LogP contribution in [0, 0.1) is 6.92 Å². The molecule has 0 unspecified atom stereocenters. The van der Waals surface area contributed by atoms with E-state index in [1.54, 1.807) is 6.07 Å². The molecule has 134 valence electrons. The molecule has 0 saturated heterocycles. The number of ether oxygens (including phenoxy) is 2. The molecule has 27 heavy (non-hydrogen) atoms. The van der Waals surface area contributed by atoms with Crippen LogP contribution in [0.2, 0.25) is 0 Å². The van der Waals surface area contributed by atoms with E-state index in [0.29, 0.717) is 28.0 Å². The van der Waals surface area contributed by atoms with Gasteiger partial charge in [-0.3, -0.25) is 15.2 Å². The van der Waals surface area contributed by atoms with E-state index < -0.39 is 0 Å². The van der Waals surface area contributed by atoms with E-state index in [-0.39, 0.29) is 12.7 Å². The second-order valence-corrected chi connectivity index (χ2v) is 7.21. The smallest absolute Gasteiger partial charge is 0.275 e. The number of hydrogen-bond acceptors (Lipinski definition) is 6. The third kappa shape index (κ3) is 2.89. The number of anilines is 1. The summed E-state index contributed by atoms with van der Waals surface area (Å²) < 4.78 is 11.7. The second-order valence-electron chi connectivity index (χ2n) is 6.18. The van der Waals surface area contributed by atoms with Crippen LogP contribution in [0.3, 0.4) is 0 Å². The summed E-state index contributed by atoms with van der Waals surface area (Å²) in [6, 6.07) is 13.2. The van der Waals surface area contributed by atoms with Crippen LogP contribution in [-0.2, 0) is 0 Å². The molecule has 0 spiro atoms. The number of rotatable bonds is 3. The van der Waals surface area contributed by atoms with Gasteiger partial charge in [-0.15, -0.1) is 0 Å². The van der Waals surface area contributed by atoms with Crippen molar-refractivity contribution in [1.82, 2.24) is 15.2 Å². The predicted molar refractivity (Wildman–Crippen MR) is 102 cm³/mol. The van der Waals surface area contributed by atoms with E-state index in [9.17, 15) is 4.79 Å². The van der Waals surface area contributed by atoms with Crippen molar-refractivity contribution in [1.29, 1.82) is 0 Å². The van der Waals surface area contributed by atoms with Crippen LogP contribution in [0.4, 0.5) is 5.13 Å². The molecule has 0 bridgehead atoms. The first-order valence-corrected chi connectivity index (χ1v) is 9.11. The maximum Gasteiger partial charge on any atom is 0.275 e. The Bertz CT molecular complexity index is 1180. The molecule has 0 aliphatic carbocycles. The fraction of sp³-hybridized carbons (Fsp3) is 0.105. The molecule has 3 heterocycles. The zero-order valence-corrected chi connectivity index (χ0v) is 15.1. The number of carbonyl (C=O) groups excluding carboxylic acids is 1. The van der Waals surface area contributed by atoms with E-state index in [1.165, 1.54) is 11.3 Å². The Labute approximate surface area is 158 Å². The van der Waals surface area contributed by atoms with E-state index in [1.807, 2.05) is 37.3 Å². The Kier molecular flexibility index (Phi) is 3.58.